The molecule has 1 amide bonds. The van der Waals surface area contributed by atoms with Gasteiger partial charge in [-0.2, -0.15) is 11.8 Å². The highest BCUT2D eigenvalue weighted by Gasteiger charge is 2.20. The van der Waals surface area contributed by atoms with E-state index in [2.05, 4.69) is 29.3 Å². The summed E-state index contributed by atoms with van der Waals surface area (Å²) in [7, 11) is 0. The predicted molar refractivity (Wildman–Crippen MR) is 118 cm³/mol. The number of hydrogen-bond acceptors (Lipinski definition) is 4. The van der Waals surface area contributed by atoms with Gasteiger partial charge in [-0.05, 0) is 24.1 Å². The molecule has 144 valence electrons. The van der Waals surface area contributed by atoms with Crippen LogP contribution in [0, 0.1) is 0 Å². The number of aromatic nitrogens is 1. The summed E-state index contributed by atoms with van der Waals surface area (Å²) in [5.74, 6) is 3.06. The van der Waals surface area contributed by atoms with Crippen LogP contribution in [-0.2, 0) is 0 Å². The van der Waals surface area contributed by atoms with Crippen LogP contribution in [0.5, 0.6) is 0 Å². The van der Waals surface area contributed by atoms with Crippen molar-refractivity contribution in [3.05, 3.63) is 71.8 Å². The molecule has 28 heavy (non-hydrogen) atoms. The quantitative estimate of drug-likeness (QED) is 0.687. The van der Waals surface area contributed by atoms with Crippen molar-refractivity contribution in [2.45, 2.75) is 19.4 Å². The lowest BCUT2D eigenvalue weighted by Crippen LogP contribution is -2.34. The van der Waals surface area contributed by atoms with E-state index in [-0.39, 0.29) is 11.9 Å². The van der Waals surface area contributed by atoms with Gasteiger partial charge < -0.3 is 10.2 Å². The van der Waals surface area contributed by atoms with E-state index in [0.717, 1.165) is 53.3 Å². The lowest BCUT2D eigenvalue weighted by atomic mass is 10.0. The largest absolute Gasteiger partial charge is 0.355 e. The van der Waals surface area contributed by atoms with Gasteiger partial charge in [-0.25, -0.2) is 4.98 Å². The molecule has 0 aliphatic carbocycles. The second-order valence-corrected chi connectivity index (χ2v) is 8.21. The first-order valence-electron chi connectivity index (χ1n) is 9.84. The molecule has 1 N–H and O–H groups in total. The average molecular weight is 392 g/mol. The number of thioether (sulfide) groups is 1. The summed E-state index contributed by atoms with van der Waals surface area (Å²) in [4.78, 5) is 20.4. The molecule has 0 radical (unpaired) electrons. The van der Waals surface area contributed by atoms with Crippen molar-refractivity contribution >= 4 is 34.4 Å². The van der Waals surface area contributed by atoms with E-state index in [1.165, 1.54) is 0 Å². The van der Waals surface area contributed by atoms with Crippen molar-refractivity contribution < 1.29 is 4.79 Å². The Morgan fingerprint density at radius 1 is 1.11 bits per heavy atom. The summed E-state index contributed by atoms with van der Waals surface area (Å²) in [5, 5.41) is 4.13. The molecule has 0 saturated carbocycles. The maximum atomic E-state index is 13.3. The lowest BCUT2D eigenvalue weighted by molar-refractivity contribution is 0.0937. The zero-order valence-electron chi connectivity index (χ0n) is 16.1. The van der Waals surface area contributed by atoms with Crippen LogP contribution in [0.25, 0.3) is 10.9 Å². The monoisotopic (exact) mass is 391 g/mol. The molecule has 0 spiro atoms. The average Bonchev–Trinajstić information content (AvgIpc) is 2.77. The van der Waals surface area contributed by atoms with Gasteiger partial charge in [0.1, 0.15) is 5.82 Å². The Hall–Kier alpha value is -2.53. The molecule has 1 aromatic heterocycles. The van der Waals surface area contributed by atoms with Crippen molar-refractivity contribution in [1.82, 2.24) is 10.3 Å². The zero-order chi connectivity index (χ0) is 19.3. The Bertz CT molecular complexity index is 954. The third-order valence-corrected chi connectivity index (χ3v) is 6.14. The Balaban J connectivity index is 1.68. The summed E-state index contributed by atoms with van der Waals surface area (Å²) < 4.78 is 0. The van der Waals surface area contributed by atoms with Gasteiger partial charge in [-0.3, -0.25) is 4.79 Å². The predicted octanol–water partition coefficient (Wildman–Crippen LogP) is 4.67. The number of carbonyl (C=O) groups is 1. The Kier molecular flexibility index (Phi) is 5.81. The Morgan fingerprint density at radius 3 is 2.57 bits per heavy atom. The normalized spacial score (nSPS) is 15.4. The molecule has 2 aromatic carbocycles. The van der Waals surface area contributed by atoms with Gasteiger partial charge in [-0.1, -0.05) is 55.5 Å². The maximum Gasteiger partial charge on any atom is 0.252 e. The van der Waals surface area contributed by atoms with E-state index < -0.39 is 0 Å². The van der Waals surface area contributed by atoms with Crippen molar-refractivity contribution in [3.8, 4) is 0 Å². The SMILES string of the molecule is CC[C@H](NC(=O)c1cc(N2CCSCC2)nc2ccccc12)c1ccccc1. The molecule has 0 unspecified atom stereocenters. The van der Waals surface area contributed by atoms with E-state index >= 15 is 0 Å². The number of benzene rings is 2. The summed E-state index contributed by atoms with van der Waals surface area (Å²) in [6.07, 6.45) is 0.842. The number of carbonyl (C=O) groups excluding carboxylic acids is 1. The van der Waals surface area contributed by atoms with Crippen LogP contribution in [0.2, 0.25) is 0 Å². The smallest absolute Gasteiger partial charge is 0.252 e. The molecule has 3 aromatic rings. The molecule has 1 atom stereocenters. The molecule has 4 nitrogen and oxygen atoms in total. The van der Waals surface area contributed by atoms with Gasteiger partial charge in [0.25, 0.3) is 5.91 Å². The molecule has 0 bridgehead atoms. The highest BCUT2D eigenvalue weighted by Crippen LogP contribution is 2.26. The van der Waals surface area contributed by atoms with Gasteiger partial charge >= 0.3 is 0 Å². The van der Waals surface area contributed by atoms with Crippen molar-refractivity contribution in [1.29, 1.82) is 0 Å². The van der Waals surface area contributed by atoms with Crippen molar-refractivity contribution in [2.24, 2.45) is 0 Å². The van der Waals surface area contributed by atoms with Crippen LogP contribution >= 0.6 is 11.8 Å². The molecule has 1 aliphatic heterocycles. The summed E-state index contributed by atoms with van der Waals surface area (Å²) in [6, 6.07) is 20.0. The fourth-order valence-corrected chi connectivity index (χ4v) is 4.55. The molecule has 1 aliphatic rings. The van der Waals surface area contributed by atoms with Gasteiger partial charge in [0.05, 0.1) is 17.1 Å². The fourth-order valence-electron chi connectivity index (χ4n) is 3.65. The molecular weight excluding hydrogens is 366 g/mol. The number of pyridine rings is 1. The standard InChI is InChI=1S/C23H25N3OS/c1-2-20(17-8-4-3-5-9-17)25-23(27)19-16-22(26-12-14-28-15-13-26)24-21-11-7-6-10-18(19)21/h3-11,16,20H,2,12-15H2,1H3,(H,25,27)/t20-/m0/s1. The first kappa shape index (κ1) is 18.8. The van der Waals surface area contributed by atoms with Crippen LogP contribution in [0.4, 0.5) is 5.82 Å². The minimum absolute atomic E-state index is 0.00420. The number of nitrogens with one attached hydrogen (secondary N) is 1. The number of anilines is 1. The molecule has 5 heteroatoms. The number of hydrogen-bond donors (Lipinski definition) is 1. The van der Waals surface area contributed by atoms with E-state index in [1.807, 2.05) is 60.3 Å². The minimum Gasteiger partial charge on any atom is -0.355 e. The first-order chi connectivity index (χ1) is 13.8. The van der Waals surface area contributed by atoms with Gasteiger partial charge in [0.15, 0.2) is 0 Å². The second kappa shape index (κ2) is 8.65. The topological polar surface area (TPSA) is 45.2 Å². The third-order valence-electron chi connectivity index (χ3n) is 5.20. The molecule has 1 saturated heterocycles. The van der Waals surface area contributed by atoms with Crippen LogP contribution in [0.3, 0.4) is 0 Å². The first-order valence-corrected chi connectivity index (χ1v) is 11.0. The van der Waals surface area contributed by atoms with Crippen LogP contribution in [0.15, 0.2) is 60.7 Å². The van der Waals surface area contributed by atoms with Gasteiger partial charge in [0.2, 0.25) is 0 Å². The van der Waals surface area contributed by atoms with E-state index in [1.54, 1.807) is 0 Å². The number of amides is 1. The van der Waals surface area contributed by atoms with Gasteiger partial charge in [-0.15, -0.1) is 0 Å². The van der Waals surface area contributed by atoms with E-state index in [4.69, 9.17) is 4.98 Å². The second-order valence-electron chi connectivity index (χ2n) is 6.99. The van der Waals surface area contributed by atoms with Crippen molar-refractivity contribution in [2.75, 3.05) is 29.5 Å². The van der Waals surface area contributed by atoms with Gasteiger partial charge in [0, 0.05) is 30.0 Å². The molecule has 2 heterocycles. The summed E-state index contributed by atoms with van der Waals surface area (Å²) in [5.41, 5.74) is 2.70. The maximum absolute atomic E-state index is 13.3. The highest BCUT2D eigenvalue weighted by molar-refractivity contribution is 7.99. The minimum atomic E-state index is -0.0399. The summed E-state index contributed by atoms with van der Waals surface area (Å²) >= 11 is 1.97. The fraction of sp³-hybridized carbons (Fsp3) is 0.304. The zero-order valence-corrected chi connectivity index (χ0v) is 16.9. The molecular formula is C23H25N3OS. The van der Waals surface area contributed by atoms with E-state index in [0.29, 0.717) is 5.56 Å². The Labute approximate surface area is 170 Å². The lowest BCUT2D eigenvalue weighted by Gasteiger charge is -2.28. The van der Waals surface area contributed by atoms with Crippen LogP contribution in [0.1, 0.15) is 35.3 Å². The number of rotatable bonds is 5. The van der Waals surface area contributed by atoms with Crippen LogP contribution < -0.4 is 10.2 Å². The highest BCUT2D eigenvalue weighted by atomic mass is 32.2. The number of nitrogens with zero attached hydrogens (tertiary/aromatic N) is 2. The third kappa shape index (κ3) is 3.99. The molecule has 1 fully saturated rings. The Morgan fingerprint density at radius 2 is 1.82 bits per heavy atom. The molecule has 4 rings (SSSR count). The number of fused-ring (bicyclic) bond motifs is 1. The van der Waals surface area contributed by atoms with Crippen molar-refractivity contribution in [3.63, 3.8) is 0 Å². The summed E-state index contributed by atoms with van der Waals surface area (Å²) in [6.45, 7) is 4.04. The number of para-hydroxylation sites is 1. The van der Waals surface area contributed by atoms with Crippen LogP contribution in [-0.4, -0.2) is 35.5 Å². The van der Waals surface area contributed by atoms with E-state index in [9.17, 15) is 4.79 Å².